The number of likely N-dealkylation sites (tertiary alicyclic amines) is 1. The molecule has 7 heteroatoms. The van der Waals surface area contributed by atoms with Crippen LogP contribution in [0.3, 0.4) is 0 Å². The molecule has 3 heterocycles. The number of para-hydroxylation sites is 2. The Morgan fingerprint density at radius 2 is 1.48 bits per heavy atom. The van der Waals surface area contributed by atoms with Crippen LogP contribution in [0, 0.1) is 0 Å². The highest BCUT2D eigenvalue weighted by molar-refractivity contribution is 5.94. The second-order valence-electron chi connectivity index (χ2n) is 12.4. The fraction of sp³-hybridized carbons (Fsp3) is 0.459. The maximum Gasteiger partial charge on any atom is 0.254 e. The molecule has 3 aromatic carbocycles. The van der Waals surface area contributed by atoms with Gasteiger partial charge in [-0.05, 0) is 73.3 Å². The first-order valence-corrected chi connectivity index (χ1v) is 16.6. The van der Waals surface area contributed by atoms with E-state index in [2.05, 4.69) is 75.9 Å². The molecule has 0 bridgehead atoms. The zero-order valence-corrected chi connectivity index (χ0v) is 26.3. The van der Waals surface area contributed by atoms with Crippen LogP contribution in [0.25, 0.3) is 11.0 Å². The first kappa shape index (κ1) is 30.5. The van der Waals surface area contributed by atoms with Gasteiger partial charge in [0, 0.05) is 44.8 Å². The molecule has 232 valence electrons. The Kier molecular flexibility index (Phi) is 10.4. The van der Waals surface area contributed by atoms with E-state index in [-0.39, 0.29) is 5.91 Å². The van der Waals surface area contributed by atoms with Gasteiger partial charge in [0.05, 0.1) is 30.8 Å². The fourth-order valence-corrected chi connectivity index (χ4v) is 6.54. The van der Waals surface area contributed by atoms with E-state index in [1.54, 1.807) is 0 Å². The standard InChI is InChI=1S/C37H47N5O2/c1-2-3-21-41(37(43)31-17-15-30(16-18-31)26-40-22-24-44-25-23-40)29-36-38-34-13-7-8-14-35(34)42(36)28-33-12-6-5-11-32(33)27-39-19-9-4-10-20-39/h5-8,11-18H,2-4,9-10,19-29H2,1H3. The number of piperidine rings is 1. The molecule has 1 aromatic heterocycles. The normalized spacial score (nSPS) is 16.4. The van der Waals surface area contributed by atoms with Crippen LogP contribution in [0.2, 0.25) is 0 Å². The number of unbranched alkanes of at least 4 members (excludes halogenated alkanes) is 1. The first-order chi connectivity index (χ1) is 21.7. The molecule has 44 heavy (non-hydrogen) atoms. The van der Waals surface area contributed by atoms with Crippen LogP contribution >= 0.6 is 0 Å². The zero-order chi connectivity index (χ0) is 30.1. The number of ether oxygens (including phenoxy) is 1. The van der Waals surface area contributed by atoms with Gasteiger partial charge in [-0.2, -0.15) is 0 Å². The molecule has 2 saturated heterocycles. The quantitative estimate of drug-likeness (QED) is 0.192. The SMILES string of the molecule is CCCCN(Cc1nc2ccccc2n1Cc1ccccc1CN1CCCCC1)C(=O)c1ccc(CN2CCOCC2)cc1. The van der Waals surface area contributed by atoms with Crippen LogP contribution in [0.15, 0.2) is 72.8 Å². The maximum atomic E-state index is 14.0. The molecule has 2 aliphatic rings. The van der Waals surface area contributed by atoms with E-state index in [0.29, 0.717) is 13.1 Å². The number of imidazole rings is 1. The van der Waals surface area contributed by atoms with Crippen molar-refractivity contribution in [1.82, 2.24) is 24.3 Å². The number of benzene rings is 3. The van der Waals surface area contributed by atoms with Gasteiger partial charge in [0.25, 0.3) is 5.91 Å². The molecule has 1 amide bonds. The van der Waals surface area contributed by atoms with E-state index in [0.717, 1.165) is 81.2 Å². The van der Waals surface area contributed by atoms with Gasteiger partial charge in [0.1, 0.15) is 5.82 Å². The summed E-state index contributed by atoms with van der Waals surface area (Å²) in [5, 5.41) is 0. The highest BCUT2D eigenvalue weighted by Crippen LogP contribution is 2.23. The molecule has 0 radical (unpaired) electrons. The van der Waals surface area contributed by atoms with Gasteiger partial charge < -0.3 is 14.2 Å². The lowest BCUT2D eigenvalue weighted by Gasteiger charge is -2.27. The second-order valence-corrected chi connectivity index (χ2v) is 12.4. The zero-order valence-electron chi connectivity index (χ0n) is 26.3. The average Bonchev–Trinajstić information content (AvgIpc) is 3.41. The molecule has 6 rings (SSSR count). The molecular weight excluding hydrogens is 546 g/mol. The molecule has 2 fully saturated rings. The summed E-state index contributed by atoms with van der Waals surface area (Å²) in [6.07, 6.45) is 5.91. The molecule has 0 atom stereocenters. The van der Waals surface area contributed by atoms with Crippen LogP contribution in [0.4, 0.5) is 0 Å². The number of carbonyl (C=O) groups is 1. The summed E-state index contributed by atoms with van der Waals surface area (Å²) in [6.45, 7) is 11.8. The summed E-state index contributed by atoms with van der Waals surface area (Å²) < 4.78 is 7.83. The van der Waals surface area contributed by atoms with E-state index in [1.165, 1.54) is 49.0 Å². The van der Waals surface area contributed by atoms with Gasteiger partial charge in [-0.3, -0.25) is 14.6 Å². The molecule has 0 spiro atoms. The molecule has 0 unspecified atom stereocenters. The van der Waals surface area contributed by atoms with E-state index < -0.39 is 0 Å². The minimum absolute atomic E-state index is 0.0699. The summed E-state index contributed by atoms with van der Waals surface area (Å²) in [4.78, 5) is 26.1. The number of nitrogens with zero attached hydrogens (tertiary/aromatic N) is 5. The van der Waals surface area contributed by atoms with Gasteiger partial charge in [-0.1, -0.05) is 68.3 Å². The Morgan fingerprint density at radius 1 is 0.795 bits per heavy atom. The van der Waals surface area contributed by atoms with Crippen LogP contribution in [0.5, 0.6) is 0 Å². The third-order valence-corrected chi connectivity index (χ3v) is 9.13. The lowest BCUT2D eigenvalue weighted by atomic mass is 10.0. The van der Waals surface area contributed by atoms with Crippen molar-refractivity contribution in [3.63, 3.8) is 0 Å². The summed E-state index contributed by atoms with van der Waals surface area (Å²) in [5.41, 5.74) is 6.77. The smallest absolute Gasteiger partial charge is 0.254 e. The molecule has 0 N–H and O–H groups in total. The third-order valence-electron chi connectivity index (χ3n) is 9.13. The van der Waals surface area contributed by atoms with Gasteiger partial charge >= 0.3 is 0 Å². The number of carbonyl (C=O) groups excluding carboxylic acids is 1. The fourth-order valence-electron chi connectivity index (χ4n) is 6.54. The summed E-state index contributed by atoms with van der Waals surface area (Å²) >= 11 is 0. The Morgan fingerprint density at radius 3 is 2.23 bits per heavy atom. The number of morpholine rings is 1. The minimum Gasteiger partial charge on any atom is -0.379 e. The number of rotatable bonds is 12. The van der Waals surface area contributed by atoms with Crippen molar-refractivity contribution in [3.8, 4) is 0 Å². The Bertz CT molecular complexity index is 1500. The average molecular weight is 594 g/mol. The van der Waals surface area contributed by atoms with Crippen molar-refractivity contribution in [2.45, 2.75) is 65.2 Å². The predicted molar refractivity (Wildman–Crippen MR) is 177 cm³/mol. The van der Waals surface area contributed by atoms with Crippen molar-refractivity contribution < 1.29 is 9.53 Å². The number of fused-ring (bicyclic) bond motifs is 1. The molecular formula is C37H47N5O2. The monoisotopic (exact) mass is 593 g/mol. The Balaban J connectivity index is 1.24. The highest BCUT2D eigenvalue weighted by atomic mass is 16.5. The number of aromatic nitrogens is 2. The maximum absolute atomic E-state index is 14.0. The molecule has 2 aliphatic heterocycles. The van der Waals surface area contributed by atoms with Gasteiger partial charge in [0.2, 0.25) is 0 Å². The van der Waals surface area contributed by atoms with Crippen LogP contribution < -0.4 is 0 Å². The lowest BCUT2D eigenvalue weighted by molar-refractivity contribution is 0.0342. The van der Waals surface area contributed by atoms with Gasteiger partial charge in [-0.25, -0.2) is 4.98 Å². The van der Waals surface area contributed by atoms with E-state index in [4.69, 9.17) is 9.72 Å². The van der Waals surface area contributed by atoms with Crippen LogP contribution in [-0.4, -0.2) is 76.1 Å². The topological polar surface area (TPSA) is 53.8 Å². The van der Waals surface area contributed by atoms with Crippen LogP contribution in [-0.2, 0) is 30.9 Å². The van der Waals surface area contributed by atoms with Gasteiger partial charge in [0.15, 0.2) is 0 Å². The molecule has 0 aliphatic carbocycles. The highest BCUT2D eigenvalue weighted by Gasteiger charge is 2.21. The summed E-state index contributed by atoms with van der Waals surface area (Å²) in [5.74, 6) is 1.01. The predicted octanol–water partition coefficient (Wildman–Crippen LogP) is 6.35. The van der Waals surface area contributed by atoms with Crippen molar-refractivity contribution in [1.29, 1.82) is 0 Å². The lowest BCUT2D eigenvalue weighted by Crippen LogP contribution is -2.35. The Labute approximate surface area is 262 Å². The second kappa shape index (κ2) is 15.0. The third kappa shape index (κ3) is 7.57. The Hall–Kier alpha value is -3.52. The first-order valence-electron chi connectivity index (χ1n) is 16.6. The van der Waals surface area contributed by atoms with Crippen molar-refractivity contribution >= 4 is 16.9 Å². The van der Waals surface area contributed by atoms with E-state index >= 15 is 0 Å². The molecule has 4 aromatic rings. The number of hydrogen-bond donors (Lipinski definition) is 0. The number of amides is 1. The number of hydrogen-bond acceptors (Lipinski definition) is 5. The summed E-state index contributed by atoms with van der Waals surface area (Å²) in [7, 11) is 0. The van der Waals surface area contributed by atoms with Crippen LogP contribution in [0.1, 0.15) is 71.9 Å². The van der Waals surface area contributed by atoms with Crippen molar-refractivity contribution in [2.75, 3.05) is 45.9 Å². The molecule has 0 saturated carbocycles. The summed E-state index contributed by atoms with van der Waals surface area (Å²) in [6, 6.07) is 25.4. The minimum atomic E-state index is 0.0699. The van der Waals surface area contributed by atoms with E-state index in [1.807, 2.05) is 23.1 Å². The van der Waals surface area contributed by atoms with Crippen molar-refractivity contribution in [3.05, 3.63) is 101 Å². The van der Waals surface area contributed by atoms with Crippen molar-refractivity contribution in [2.24, 2.45) is 0 Å². The van der Waals surface area contributed by atoms with E-state index in [9.17, 15) is 4.79 Å². The largest absolute Gasteiger partial charge is 0.379 e. The van der Waals surface area contributed by atoms with Gasteiger partial charge in [-0.15, -0.1) is 0 Å². The molecule has 7 nitrogen and oxygen atoms in total.